The van der Waals surface area contributed by atoms with Crippen molar-refractivity contribution >= 4 is 50.8 Å². The highest BCUT2D eigenvalue weighted by Crippen LogP contribution is 2.28. The van der Waals surface area contributed by atoms with Gasteiger partial charge in [-0.15, -0.1) is 11.3 Å². The average Bonchev–Trinajstić information content (AvgIpc) is 3.22. The van der Waals surface area contributed by atoms with Gasteiger partial charge in [0.25, 0.3) is 5.91 Å². The van der Waals surface area contributed by atoms with Gasteiger partial charge in [0.2, 0.25) is 5.91 Å². The second-order valence-electron chi connectivity index (χ2n) is 5.69. The molecule has 2 aromatic rings. The van der Waals surface area contributed by atoms with Crippen LogP contribution in [0.2, 0.25) is 0 Å². The summed E-state index contributed by atoms with van der Waals surface area (Å²) in [7, 11) is 0. The standard InChI is InChI=1S/C18H16N4O2S2/c1-11-3-5-14(6-4-11)22-15(23)10-20-18(22)26-12(2)16(24)21-17-13(9-19)7-8-25-17/h3-8,12H,10H2,1-2H3,(H,21,24)/t12-/m1/s1. The summed E-state index contributed by atoms with van der Waals surface area (Å²) in [6, 6.07) is 11.3. The first-order valence-corrected chi connectivity index (χ1v) is 9.64. The Morgan fingerprint density at radius 1 is 1.38 bits per heavy atom. The summed E-state index contributed by atoms with van der Waals surface area (Å²) in [6.07, 6.45) is 0. The van der Waals surface area contributed by atoms with Gasteiger partial charge >= 0.3 is 0 Å². The number of anilines is 2. The van der Waals surface area contributed by atoms with E-state index in [9.17, 15) is 9.59 Å². The van der Waals surface area contributed by atoms with Crippen LogP contribution in [0, 0.1) is 18.3 Å². The Morgan fingerprint density at radius 3 is 2.81 bits per heavy atom. The van der Waals surface area contributed by atoms with Crippen molar-refractivity contribution in [2.45, 2.75) is 19.1 Å². The molecule has 0 saturated carbocycles. The Bertz CT molecular complexity index is 912. The van der Waals surface area contributed by atoms with Crippen LogP contribution in [0.15, 0.2) is 40.7 Å². The number of nitrogens with zero attached hydrogens (tertiary/aromatic N) is 3. The van der Waals surface area contributed by atoms with E-state index in [-0.39, 0.29) is 18.4 Å². The Morgan fingerprint density at radius 2 is 2.12 bits per heavy atom. The average molecular weight is 384 g/mol. The molecule has 1 N–H and O–H groups in total. The molecule has 26 heavy (non-hydrogen) atoms. The molecule has 0 radical (unpaired) electrons. The van der Waals surface area contributed by atoms with Gasteiger partial charge < -0.3 is 5.32 Å². The molecule has 0 spiro atoms. The van der Waals surface area contributed by atoms with Gasteiger partial charge in [-0.25, -0.2) is 0 Å². The SMILES string of the molecule is Cc1ccc(N2C(=O)CN=C2S[C@H](C)C(=O)Nc2sccc2C#N)cc1. The number of hydrogen-bond donors (Lipinski definition) is 1. The molecule has 3 rings (SSSR count). The molecule has 0 bridgehead atoms. The predicted molar refractivity (Wildman–Crippen MR) is 106 cm³/mol. The lowest BCUT2D eigenvalue weighted by Crippen LogP contribution is -2.33. The van der Waals surface area contributed by atoms with E-state index in [1.54, 1.807) is 23.3 Å². The monoisotopic (exact) mass is 384 g/mol. The van der Waals surface area contributed by atoms with Gasteiger partial charge in [0.15, 0.2) is 5.17 Å². The number of thioether (sulfide) groups is 1. The lowest BCUT2D eigenvalue weighted by molar-refractivity contribution is -0.116. The minimum absolute atomic E-state index is 0.0774. The maximum absolute atomic E-state index is 12.4. The number of nitrogens with one attached hydrogen (secondary N) is 1. The smallest absolute Gasteiger partial charge is 0.254 e. The molecule has 1 aliphatic rings. The summed E-state index contributed by atoms with van der Waals surface area (Å²) in [5.41, 5.74) is 2.28. The van der Waals surface area contributed by atoms with E-state index in [1.807, 2.05) is 37.3 Å². The zero-order valence-corrected chi connectivity index (χ0v) is 15.9. The van der Waals surface area contributed by atoms with E-state index in [2.05, 4.69) is 10.3 Å². The maximum atomic E-state index is 12.4. The second-order valence-corrected chi connectivity index (χ2v) is 7.91. The van der Waals surface area contributed by atoms with E-state index in [0.29, 0.717) is 15.7 Å². The highest BCUT2D eigenvalue weighted by atomic mass is 32.2. The molecule has 0 unspecified atom stereocenters. The number of nitriles is 1. The normalized spacial score (nSPS) is 14.7. The number of carbonyl (C=O) groups is 2. The van der Waals surface area contributed by atoms with E-state index in [1.165, 1.54) is 23.1 Å². The molecule has 2 heterocycles. The highest BCUT2D eigenvalue weighted by molar-refractivity contribution is 8.15. The molecule has 1 atom stereocenters. The van der Waals surface area contributed by atoms with Crippen LogP contribution in [0.3, 0.4) is 0 Å². The Kier molecular flexibility index (Phi) is 5.40. The molecule has 0 saturated heterocycles. The lowest BCUT2D eigenvalue weighted by atomic mass is 10.2. The number of aryl methyl sites for hydroxylation is 1. The van der Waals surface area contributed by atoms with Gasteiger partial charge in [-0.05, 0) is 37.4 Å². The van der Waals surface area contributed by atoms with Crippen molar-refractivity contribution in [3.05, 3.63) is 46.8 Å². The third kappa shape index (κ3) is 3.79. The van der Waals surface area contributed by atoms with E-state index >= 15 is 0 Å². The van der Waals surface area contributed by atoms with Crippen LogP contribution in [-0.2, 0) is 9.59 Å². The van der Waals surface area contributed by atoms with Crippen molar-refractivity contribution in [1.29, 1.82) is 5.26 Å². The van der Waals surface area contributed by atoms with Crippen molar-refractivity contribution in [3.63, 3.8) is 0 Å². The Balaban J connectivity index is 1.70. The van der Waals surface area contributed by atoms with Gasteiger partial charge in [-0.2, -0.15) is 5.26 Å². The van der Waals surface area contributed by atoms with E-state index in [0.717, 1.165) is 11.3 Å². The van der Waals surface area contributed by atoms with Crippen LogP contribution in [-0.4, -0.2) is 28.8 Å². The largest absolute Gasteiger partial charge is 0.316 e. The molecule has 8 heteroatoms. The molecule has 1 aliphatic heterocycles. The number of rotatable bonds is 4. The number of carbonyl (C=O) groups excluding carboxylic acids is 2. The first-order chi connectivity index (χ1) is 12.5. The first kappa shape index (κ1) is 18.2. The quantitative estimate of drug-likeness (QED) is 0.875. The third-order valence-electron chi connectivity index (χ3n) is 3.76. The molecular formula is C18H16N4O2S2. The topological polar surface area (TPSA) is 85.6 Å². The fraction of sp³-hybridized carbons (Fsp3) is 0.222. The van der Waals surface area contributed by atoms with Crippen LogP contribution in [0.4, 0.5) is 10.7 Å². The summed E-state index contributed by atoms with van der Waals surface area (Å²) in [5.74, 6) is -0.353. The molecule has 0 fully saturated rings. The van der Waals surface area contributed by atoms with Crippen molar-refractivity contribution < 1.29 is 9.59 Å². The number of thiophene rings is 1. The molecule has 0 aliphatic carbocycles. The summed E-state index contributed by atoms with van der Waals surface area (Å²) in [6.45, 7) is 3.80. The predicted octanol–water partition coefficient (Wildman–Crippen LogP) is 3.39. The van der Waals surface area contributed by atoms with Crippen molar-refractivity contribution in [1.82, 2.24) is 0 Å². The van der Waals surface area contributed by atoms with Crippen LogP contribution in [0.1, 0.15) is 18.1 Å². The van der Waals surface area contributed by atoms with Crippen molar-refractivity contribution in [2.24, 2.45) is 4.99 Å². The second kappa shape index (κ2) is 7.72. The van der Waals surface area contributed by atoms with Gasteiger partial charge in [-0.1, -0.05) is 29.5 Å². The van der Waals surface area contributed by atoms with Crippen molar-refractivity contribution in [2.75, 3.05) is 16.8 Å². The molecule has 6 nitrogen and oxygen atoms in total. The number of benzene rings is 1. The zero-order chi connectivity index (χ0) is 18.7. The Labute approximate surface area is 159 Å². The minimum atomic E-state index is -0.471. The van der Waals surface area contributed by atoms with Crippen molar-refractivity contribution in [3.8, 4) is 6.07 Å². The molecule has 2 amide bonds. The molecule has 1 aromatic carbocycles. The first-order valence-electron chi connectivity index (χ1n) is 7.89. The van der Waals surface area contributed by atoms with Gasteiger partial charge in [0.05, 0.1) is 16.5 Å². The van der Waals surface area contributed by atoms with Crippen LogP contribution >= 0.6 is 23.1 Å². The van der Waals surface area contributed by atoms with Gasteiger partial charge in [0.1, 0.15) is 17.6 Å². The lowest BCUT2D eigenvalue weighted by Gasteiger charge is -2.20. The number of amides is 2. The van der Waals surface area contributed by atoms with Crippen LogP contribution in [0.25, 0.3) is 0 Å². The van der Waals surface area contributed by atoms with Crippen LogP contribution < -0.4 is 10.2 Å². The highest BCUT2D eigenvalue weighted by Gasteiger charge is 2.30. The third-order valence-corrected chi connectivity index (χ3v) is 5.68. The van der Waals surface area contributed by atoms with E-state index in [4.69, 9.17) is 5.26 Å². The van der Waals surface area contributed by atoms with E-state index < -0.39 is 5.25 Å². The number of amidine groups is 1. The maximum Gasteiger partial charge on any atom is 0.254 e. The minimum Gasteiger partial charge on any atom is -0.316 e. The number of hydrogen-bond acceptors (Lipinski definition) is 6. The molecular weight excluding hydrogens is 368 g/mol. The summed E-state index contributed by atoms with van der Waals surface area (Å²) in [4.78, 5) is 30.5. The van der Waals surface area contributed by atoms with Gasteiger partial charge in [0, 0.05) is 0 Å². The van der Waals surface area contributed by atoms with Crippen LogP contribution in [0.5, 0.6) is 0 Å². The molecule has 1 aromatic heterocycles. The summed E-state index contributed by atoms with van der Waals surface area (Å²) >= 11 is 2.53. The fourth-order valence-electron chi connectivity index (χ4n) is 2.34. The fourth-order valence-corrected chi connectivity index (χ4v) is 4.02. The summed E-state index contributed by atoms with van der Waals surface area (Å²) < 4.78 is 0. The van der Waals surface area contributed by atoms with Gasteiger partial charge in [-0.3, -0.25) is 19.5 Å². The summed E-state index contributed by atoms with van der Waals surface area (Å²) in [5, 5.41) is 14.1. The zero-order valence-electron chi connectivity index (χ0n) is 14.2. The Hall–Kier alpha value is -2.63. The number of aliphatic imine (C=N–C) groups is 1. The molecule has 132 valence electrons.